The van der Waals surface area contributed by atoms with Crippen molar-refractivity contribution in [3.8, 4) is 0 Å². The predicted octanol–water partition coefficient (Wildman–Crippen LogP) is 2.90. The highest BCUT2D eigenvalue weighted by Crippen LogP contribution is 2.20. The Morgan fingerprint density at radius 1 is 1.24 bits per heavy atom. The third-order valence-corrected chi connectivity index (χ3v) is 4.95. The normalized spacial score (nSPS) is 15.8. The van der Waals surface area contributed by atoms with Gasteiger partial charge in [0.2, 0.25) is 6.10 Å². The van der Waals surface area contributed by atoms with Gasteiger partial charge in [-0.1, -0.05) is 35.5 Å². The van der Waals surface area contributed by atoms with Gasteiger partial charge in [0.25, 0.3) is 5.91 Å². The first-order chi connectivity index (χ1) is 14.0. The fraction of sp³-hybridized carbons (Fsp3) is 0.333. The van der Waals surface area contributed by atoms with Gasteiger partial charge in [0.15, 0.2) is 5.82 Å². The van der Waals surface area contributed by atoms with Crippen LogP contribution in [0.3, 0.4) is 0 Å². The molecule has 8 nitrogen and oxygen atoms in total. The molecule has 3 aromatic rings. The number of rotatable bonds is 6. The summed E-state index contributed by atoms with van der Waals surface area (Å²) < 4.78 is 3.72. The summed E-state index contributed by atoms with van der Waals surface area (Å²) in [4.78, 5) is 18.0. The number of carbonyl (C=O) groups excluding carboxylic acids is 1. The number of nitrogens with one attached hydrogen (secondary N) is 1. The van der Waals surface area contributed by atoms with Crippen LogP contribution in [0.2, 0.25) is 0 Å². The van der Waals surface area contributed by atoms with Crippen LogP contribution in [0.25, 0.3) is 0 Å². The van der Waals surface area contributed by atoms with Crippen molar-refractivity contribution in [1.82, 2.24) is 19.6 Å². The van der Waals surface area contributed by atoms with Crippen molar-refractivity contribution in [1.29, 1.82) is 0 Å². The maximum Gasteiger partial charge on any atom is 0.269 e. The molecule has 1 atom stereocenters. The van der Waals surface area contributed by atoms with Gasteiger partial charge in [-0.2, -0.15) is 10.2 Å². The highest BCUT2D eigenvalue weighted by atomic mass is 16.6. The van der Waals surface area contributed by atoms with Crippen molar-refractivity contribution in [3.63, 3.8) is 0 Å². The summed E-state index contributed by atoms with van der Waals surface area (Å²) in [6.45, 7) is 7.35. The largest absolute Gasteiger partial charge is 0.382 e. The zero-order valence-corrected chi connectivity index (χ0v) is 16.8. The Morgan fingerprint density at radius 2 is 2.03 bits per heavy atom. The van der Waals surface area contributed by atoms with E-state index < -0.39 is 6.10 Å². The smallest absolute Gasteiger partial charge is 0.269 e. The molecule has 0 fully saturated rings. The zero-order valence-electron chi connectivity index (χ0n) is 16.8. The van der Waals surface area contributed by atoms with Crippen LogP contribution in [-0.4, -0.2) is 37.3 Å². The van der Waals surface area contributed by atoms with Crippen molar-refractivity contribution in [3.05, 3.63) is 65.1 Å². The van der Waals surface area contributed by atoms with Crippen LogP contribution >= 0.6 is 0 Å². The molecular formula is C21H24N6O2. The topological polar surface area (TPSA) is 86.3 Å². The number of anilines is 1. The number of aromatic nitrogens is 4. The molecule has 0 saturated carbocycles. The molecule has 1 aliphatic heterocycles. The van der Waals surface area contributed by atoms with Gasteiger partial charge in [-0.15, -0.1) is 0 Å². The Labute approximate surface area is 169 Å². The predicted molar refractivity (Wildman–Crippen MR) is 110 cm³/mol. The number of oxime groups is 1. The second kappa shape index (κ2) is 7.90. The molecule has 150 valence electrons. The second-order valence-electron chi connectivity index (χ2n) is 7.12. The summed E-state index contributed by atoms with van der Waals surface area (Å²) in [7, 11) is 0. The van der Waals surface area contributed by atoms with Gasteiger partial charge in [0, 0.05) is 36.5 Å². The van der Waals surface area contributed by atoms with Crippen molar-refractivity contribution < 1.29 is 9.63 Å². The molecule has 8 heteroatoms. The van der Waals surface area contributed by atoms with Crippen molar-refractivity contribution in [2.45, 2.75) is 46.4 Å². The molecular weight excluding hydrogens is 368 g/mol. The molecule has 1 amide bonds. The van der Waals surface area contributed by atoms with Crippen LogP contribution < -0.4 is 5.32 Å². The van der Waals surface area contributed by atoms with E-state index in [1.165, 1.54) is 0 Å². The molecule has 0 aliphatic carbocycles. The van der Waals surface area contributed by atoms with E-state index in [0.717, 1.165) is 34.8 Å². The van der Waals surface area contributed by atoms with Crippen LogP contribution in [0.5, 0.6) is 0 Å². The van der Waals surface area contributed by atoms with E-state index in [0.29, 0.717) is 18.8 Å². The Hall–Kier alpha value is -3.42. The molecule has 29 heavy (non-hydrogen) atoms. The van der Waals surface area contributed by atoms with Gasteiger partial charge in [-0.05, 0) is 26.3 Å². The first-order valence-corrected chi connectivity index (χ1v) is 9.70. The van der Waals surface area contributed by atoms with Gasteiger partial charge < -0.3 is 10.2 Å². The van der Waals surface area contributed by atoms with E-state index in [-0.39, 0.29) is 5.91 Å². The number of hydrogen-bond acceptors (Lipinski definition) is 5. The zero-order chi connectivity index (χ0) is 20.4. The highest BCUT2D eigenvalue weighted by molar-refractivity contribution is 6.06. The van der Waals surface area contributed by atoms with Crippen LogP contribution in [0, 0.1) is 13.8 Å². The van der Waals surface area contributed by atoms with Crippen molar-refractivity contribution in [2.75, 3.05) is 5.32 Å². The minimum Gasteiger partial charge on any atom is -0.382 e. The summed E-state index contributed by atoms with van der Waals surface area (Å²) in [6.07, 6.45) is 1.67. The minimum atomic E-state index is -0.672. The van der Waals surface area contributed by atoms with Crippen molar-refractivity contribution in [2.24, 2.45) is 5.16 Å². The summed E-state index contributed by atoms with van der Waals surface area (Å²) in [5.74, 6) is 0.254. The van der Waals surface area contributed by atoms with E-state index in [1.54, 1.807) is 0 Å². The van der Waals surface area contributed by atoms with Gasteiger partial charge in [-0.25, -0.2) is 0 Å². The summed E-state index contributed by atoms with van der Waals surface area (Å²) in [5, 5.41) is 15.9. The van der Waals surface area contributed by atoms with Crippen molar-refractivity contribution >= 4 is 17.4 Å². The van der Waals surface area contributed by atoms with Gasteiger partial charge in [0.05, 0.1) is 18.0 Å². The number of carbonyl (C=O) groups is 1. The Balaban J connectivity index is 1.39. The van der Waals surface area contributed by atoms with Crippen LogP contribution in [0.4, 0.5) is 5.82 Å². The number of hydrogen-bond donors (Lipinski definition) is 1. The molecule has 3 heterocycles. The number of amides is 1. The molecule has 1 unspecified atom stereocenters. The standard InChI is InChI=1S/C21H24N6O2/c1-4-26-13-17(15(3)23-26)18-11-19(29-25-18)21(28)22-20-10-14(2)27(24-20)12-16-8-6-5-7-9-16/h5-10,13,19H,4,11-12H2,1-3H3,(H,22,24,28). The molecule has 1 N–H and O–H groups in total. The molecule has 0 bridgehead atoms. The second-order valence-corrected chi connectivity index (χ2v) is 7.12. The lowest BCUT2D eigenvalue weighted by Gasteiger charge is -2.07. The summed E-state index contributed by atoms with van der Waals surface area (Å²) in [5.41, 5.74) is 4.66. The quantitative estimate of drug-likeness (QED) is 0.699. The Morgan fingerprint density at radius 3 is 2.76 bits per heavy atom. The van der Waals surface area contributed by atoms with E-state index in [9.17, 15) is 4.79 Å². The molecule has 2 aromatic heterocycles. The lowest BCUT2D eigenvalue weighted by atomic mass is 10.1. The van der Waals surface area contributed by atoms with Crippen LogP contribution in [-0.2, 0) is 22.7 Å². The molecule has 0 radical (unpaired) electrons. The van der Waals surface area contributed by atoms with Gasteiger partial charge in [0.1, 0.15) is 0 Å². The first-order valence-electron chi connectivity index (χ1n) is 9.70. The van der Waals surface area contributed by atoms with E-state index in [2.05, 4.69) is 20.7 Å². The first kappa shape index (κ1) is 18.9. The Bertz CT molecular complexity index is 1050. The minimum absolute atomic E-state index is 0.256. The van der Waals surface area contributed by atoms with E-state index in [4.69, 9.17) is 4.84 Å². The lowest BCUT2D eigenvalue weighted by Crippen LogP contribution is -2.28. The average Bonchev–Trinajstić information content (AvgIpc) is 3.42. The molecule has 1 aromatic carbocycles. The fourth-order valence-corrected chi connectivity index (χ4v) is 3.33. The molecule has 0 saturated heterocycles. The monoisotopic (exact) mass is 392 g/mol. The number of nitrogens with zero attached hydrogens (tertiary/aromatic N) is 5. The number of benzene rings is 1. The SMILES string of the molecule is CCn1cc(C2=NOC(C(=O)Nc3cc(C)n(Cc4ccccc4)n3)C2)c(C)n1. The maximum absolute atomic E-state index is 12.6. The average molecular weight is 392 g/mol. The van der Waals surface area contributed by atoms with Crippen LogP contribution in [0.15, 0.2) is 47.8 Å². The highest BCUT2D eigenvalue weighted by Gasteiger charge is 2.30. The summed E-state index contributed by atoms with van der Waals surface area (Å²) >= 11 is 0. The Kier molecular flexibility index (Phi) is 5.16. The fourth-order valence-electron chi connectivity index (χ4n) is 3.33. The molecule has 1 aliphatic rings. The van der Waals surface area contributed by atoms with Gasteiger partial charge in [-0.3, -0.25) is 14.2 Å². The van der Waals surface area contributed by atoms with Crippen LogP contribution in [0.1, 0.15) is 35.9 Å². The van der Waals surface area contributed by atoms with E-state index in [1.807, 2.05) is 72.7 Å². The molecule has 0 spiro atoms. The molecule has 4 rings (SSSR count). The van der Waals surface area contributed by atoms with E-state index >= 15 is 0 Å². The maximum atomic E-state index is 12.6. The lowest BCUT2D eigenvalue weighted by molar-refractivity contribution is -0.125. The van der Waals surface area contributed by atoms with Gasteiger partial charge >= 0.3 is 0 Å². The summed E-state index contributed by atoms with van der Waals surface area (Å²) in [6, 6.07) is 11.9. The third kappa shape index (κ3) is 4.06. The number of aryl methyl sites for hydroxylation is 3. The third-order valence-electron chi connectivity index (χ3n) is 4.95.